The second-order valence-electron chi connectivity index (χ2n) is 4.55. The van der Waals surface area contributed by atoms with E-state index in [4.69, 9.17) is 16.7 Å². The monoisotopic (exact) mass is 323 g/mol. The fourth-order valence-electron chi connectivity index (χ4n) is 1.91. The van der Waals surface area contributed by atoms with Crippen molar-refractivity contribution in [3.05, 3.63) is 28.5 Å². The summed E-state index contributed by atoms with van der Waals surface area (Å²) in [5.74, 6) is -0.962. The van der Waals surface area contributed by atoms with E-state index in [1.165, 1.54) is 6.07 Å². The molecule has 0 aliphatic heterocycles. The van der Waals surface area contributed by atoms with Crippen LogP contribution in [0.1, 0.15) is 38.7 Å². The Morgan fingerprint density at radius 1 is 1.40 bits per heavy atom. The first kappa shape index (κ1) is 17.4. The number of hydrogen-bond donors (Lipinski definition) is 2. The van der Waals surface area contributed by atoms with Gasteiger partial charge in [-0.3, -0.25) is 0 Å². The van der Waals surface area contributed by atoms with Crippen LogP contribution in [0.4, 0.5) is 4.39 Å². The van der Waals surface area contributed by atoms with Crippen LogP contribution >= 0.6 is 11.6 Å². The van der Waals surface area contributed by atoms with Gasteiger partial charge in [0.1, 0.15) is 10.7 Å². The van der Waals surface area contributed by atoms with Gasteiger partial charge in [0.15, 0.2) is 0 Å². The lowest BCUT2D eigenvalue weighted by Crippen LogP contribution is -2.34. The van der Waals surface area contributed by atoms with Crippen molar-refractivity contribution in [3.63, 3.8) is 0 Å². The first-order valence-electron chi connectivity index (χ1n) is 6.46. The average molecular weight is 324 g/mol. The summed E-state index contributed by atoms with van der Waals surface area (Å²) in [6.07, 6.45) is 2.10. The number of sulfonamides is 1. The van der Waals surface area contributed by atoms with Crippen molar-refractivity contribution in [2.75, 3.05) is 0 Å². The van der Waals surface area contributed by atoms with Gasteiger partial charge in [-0.05, 0) is 25.0 Å². The van der Waals surface area contributed by atoms with Crippen molar-refractivity contribution in [2.45, 2.75) is 50.7 Å². The molecule has 0 bridgehead atoms. The van der Waals surface area contributed by atoms with Crippen LogP contribution in [0.2, 0.25) is 5.02 Å². The number of aliphatic hydroxyl groups excluding tert-OH is 1. The van der Waals surface area contributed by atoms with E-state index < -0.39 is 27.3 Å². The highest BCUT2D eigenvalue weighted by molar-refractivity contribution is 7.89. The van der Waals surface area contributed by atoms with E-state index in [0.29, 0.717) is 12.8 Å². The van der Waals surface area contributed by atoms with Crippen molar-refractivity contribution in [2.24, 2.45) is 0 Å². The molecule has 1 atom stereocenters. The van der Waals surface area contributed by atoms with Gasteiger partial charge in [0.05, 0.1) is 6.61 Å². The molecule has 7 heteroatoms. The molecule has 0 spiro atoms. The fourth-order valence-corrected chi connectivity index (χ4v) is 3.71. The average Bonchev–Trinajstić information content (AvgIpc) is 2.40. The summed E-state index contributed by atoms with van der Waals surface area (Å²) < 4.78 is 41.0. The van der Waals surface area contributed by atoms with Crippen LogP contribution in [-0.2, 0) is 16.6 Å². The minimum absolute atomic E-state index is 0.0689. The largest absolute Gasteiger partial charge is 0.392 e. The molecule has 4 nitrogen and oxygen atoms in total. The summed E-state index contributed by atoms with van der Waals surface area (Å²) in [6.45, 7) is 3.19. The predicted octanol–water partition coefficient (Wildman–Crippen LogP) is 2.83. The lowest BCUT2D eigenvalue weighted by atomic mass is 10.1. The highest BCUT2D eigenvalue weighted by Crippen LogP contribution is 2.24. The Balaban J connectivity index is 3.18. The summed E-state index contributed by atoms with van der Waals surface area (Å²) in [5, 5.41) is 9.10. The molecule has 2 N–H and O–H groups in total. The minimum Gasteiger partial charge on any atom is -0.392 e. The third kappa shape index (κ3) is 4.15. The molecule has 0 saturated carbocycles. The molecule has 0 amide bonds. The lowest BCUT2D eigenvalue weighted by Gasteiger charge is -2.17. The van der Waals surface area contributed by atoms with Crippen LogP contribution < -0.4 is 4.72 Å². The molecule has 0 aliphatic carbocycles. The van der Waals surface area contributed by atoms with E-state index in [-0.39, 0.29) is 16.6 Å². The summed E-state index contributed by atoms with van der Waals surface area (Å²) in [7, 11) is -4.00. The molecule has 1 aromatic rings. The number of aliphatic hydroxyl groups is 1. The Morgan fingerprint density at radius 3 is 2.55 bits per heavy atom. The van der Waals surface area contributed by atoms with E-state index in [2.05, 4.69) is 4.72 Å². The van der Waals surface area contributed by atoms with Gasteiger partial charge in [0.2, 0.25) is 10.0 Å². The van der Waals surface area contributed by atoms with Crippen molar-refractivity contribution < 1.29 is 17.9 Å². The third-order valence-electron chi connectivity index (χ3n) is 2.99. The van der Waals surface area contributed by atoms with Crippen LogP contribution in [0.25, 0.3) is 0 Å². The molecule has 1 unspecified atom stereocenters. The van der Waals surface area contributed by atoms with Crippen LogP contribution in [0.3, 0.4) is 0 Å². The third-order valence-corrected chi connectivity index (χ3v) is 4.73. The first-order chi connectivity index (χ1) is 9.35. The Morgan fingerprint density at radius 2 is 2.05 bits per heavy atom. The molecule has 0 heterocycles. The molecule has 0 aromatic heterocycles. The summed E-state index contributed by atoms with van der Waals surface area (Å²) in [4.78, 5) is -0.524. The lowest BCUT2D eigenvalue weighted by molar-refractivity contribution is 0.274. The van der Waals surface area contributed by atoms with Gasteiger partial charge >= 0.3 is 0 Å². The maximum atomic E-state index is 14.1. The Labute approximate surface area is 124 Å². The molecule has 1 aromatic carbocycles. The summed E-state index contributed by atoms with van der Waals surface area (Å²) in [6, 6.07) is 2.01. The van der Waals surface area contributed by atoms with E-state index in [9.17, 15) is 12.8 Å². The zero-order valence-electron chi connectivity index (χ0n) is 11.5. The second-order valence-corrected chi connectivity index (χ2v) is 6.67. The van der Waals surface area contributed by atoms with Crippen LogP contribution in [0, 0.1) is 5.82 Å². The van der Waals surface area contributed by atoms with Crippen molar-refractivity contribution >= 4 is 21.6 Å². The van der Waals surface area contributed by atoms with Gasteiger partial charge in [-0.25, -0.2) is 17.5 Å². The van der Waals surface area contributed by atoms with Crippen molar-refractivity contribution in [1.29, 1.82) is 0 Å². The van der Waals surface area contributed by atoms with E-state index in [1.807, 2.05) is 13.8 Å². The smallest absolute Gasteiger partial charge is 0.243 e. The van der Waals surface area contributed by atoms with E-state index in [0.717, 1.165) is 12.5 Å². The Bertz CT molecular complexity index is 563. The summed E-state index contributed by atoms with van der Waals surface area (Å²) in [5.41, 5.74) is -0.138. The van der Waals surface area contributed by atoms with E-state index in [1.54, 1.807) is 0 Å². The Kier molecular flexibility index (Phi) is 6.39. The number of nitrogens with one attached hydrogen (secondary N) is 1. The SMILES string of the molecule is CCCC(CC)NS(=O)(=O)c1cc(Cl)cc(CO)c1F. The van der Waals surface area contributed by atoms with Crippen LogP contribution in [0.15, 0.2) is 17.0 Å². The van der Waals surface area contributed by atoms with Gasteiger partial charge in [0, 0.05) is 16.6 Å². The van der Waals surface area contributed by atoms with Gasteiger partial charge in [-0.15, -0.1) is 0 Å². The molecule has 0 saturated heterocycles. The predicted molar refractivity (Wildman–Crippen MR) is 76.6 cm³/mol. The summed E-state index contributed by atoms with van der Waals surface area (Å²) >= 11 is 5.77. The van der Waals surface area contributed by atoms with Crippen molar-refractivity contribution in [3.8, 4) is 0 Å². The number of hydrogen-bond acceptors (Lipinski definition) is 3. The number of halogens is 2. The minimum atomic E-state index is -4.00. The number of rotatable bonds is 7. The van der Waals surface area contributed by atoms with Gasteiger partial charge in [-0.2, -0.15) is 0 Å². The quantitative estimate of drug-likeness (QED) is 0.811. The zero-order chi connectivity index (χ0) is 15.3. The molecule has 0 radical (unpaired) electrons. The maximum Gasteiger partial charge on any atom is 0.243 e. The second kappa shape index (κ2) is 7.36. The first-order valence-corrected chi connectivity index (χ1v) is 8.32. The van der Waals surface area contributed by atoms with Crippen LogP contribution in [0.5, 0.6) is 0 Å². The highest BCUT2D eigenvalue weighted by Gasteiger charge is 2.24. The molecule has 1 rings (SSSR count). The Hall–Kier alpha value is -0.690. The van der Waals surface area contributed by atoms with Gasteiger partial charge in [0.25, 0.3) is 0 Å². The molecular formula is C13H19ClFNO3S. The topological polar surface area (TPSA) is 66.4 Å². The van der Waals surface area contributed by atoms with Crippen molar-refractivity contribution in [1.82, 2.24) is 4.72 Å². The van der Waals surface area contributed by atoms with Crippen LogP contribution in [-0.4, -0.2) is 19.6 Å². The molecular weight excluding hydrogens is 305 g/mol. The molecule has 114 valence electrons. The fraction of sp³-hybridized carbons (Fsp3) is 0.538. The maximum absolute atomic E-state index is 14.1. The van der Waals surface area contributed by atoms with Gasteiger partial charge in [-0.1, -0.05) is 31.9 Å². The number of benzene rings is 1. The van der Waals surface area contributed by atoms with E-state index >= 15 is 0 Å². The highest BCUT2D eigenvalue weighted by atomic mass is 35.5. The standard InChI is InChI=1S/C13H19ClFNO3S/c1-3-5-11(4-2)16-20(18,19)12-7-10(14)6-9(8-17)13(12)15/h6-7,11,16-17H,3-5,8H2,1-2H3. The zero-order valence-corrected chi connectivity index (χ0v) is 13.1. The van der Waals surface area contributed by atoms with Gasteiger partial charge < -0.3 is 5.11 Å². The molecule has 0 fully saturated rings. The normalized spacial score (nSPS) is 13.4. The molecule has 20 heavy (non-hydrogen) atoms. The molecule has 0 aliphatic rings.